The van der Waals surface area contributed by atoms with Crippen molar-refractivity contribution < 1.29 is 23.2 Å². The van der Waals surface area contributed by atoms with E-state index in [4.69, 9.17) is 4.52 Å². The van der Waals surface area contributed by atoms with Crippen molar-refractivity contribution >= 4 is 11.8 Å². The third-order valence-corrected chi connectivity index (χ3v) is 5.47. The minimum Gasteiger partial charge on any atom is -0.481 e. The predicted molar refractivity (Wildman–Crippen MR) is 123 cm³/mol. The molecule has 0 bridgehead atoms. The van der Waals surface area contributed by atoms with Gasteiger partial charge in [0.2, 0.25) is 0 Å². The van der Waals surface area contributed by atoms with E-state index >= 15 is 0 Å². The summed E-state index contributed by atoms with van der Waals surface area (Å²) in [6.45, 7) is 5.65. The highest BCUT2D eigenvalue weighted by atomic mass is 19.1. The number of anilines is 1. The number of hydrogen-bond donors (Lipinski definition) is 2. The molecule has 11 heteroatoms. The number of rotatable bonds is 8. The molecule has 4 aromatic rings. The summed E-state index contributed by atoms with van der Waals surface area (Å²) in [4.78, 5) is 19.7. The van der Waals surface area contributed by atoms with Crippen LogP contribution in [-0.4, -0.2) is 42.0 Å². The van der Waals surface area contributed by atoms with Gasteiger partial charge in [-0.05, 0) is 17.5 Å². The number of nitrogens with one attached hydrogen (secondary N) is 1. The van der Waals surface area contributed by atoms with Gasteiger partial charge < -0.3 is 14.9 Å². The van der Waals surface area contributed by atoms with E-state index in [1.54, 1.807) is 30.3 Å². The Balaban J connectivity index is 1.72. The maximum Gasteiger partial charge on any atom is 0.305 e. The highest BCUT2D eigenvalue weighted by Gasteiger charge is 2.28. The van der Waals surface area contributed by atoms with Crippen LogP contribution in [0.3, 0.4) is 0 Å². The lowest BCUT2D eigenvalue weighted by Crippen LogP contribution is -2.36. The molecular formula is C24H24F2N6O3. The largest absolute Gasteiger partial charge is 0.481 e. The van der Waals surface area contributed by atoms with E-state index in [-0.39, 0.29) is 30.4 Å². The van der Waals surface area contributed by atoms with Crippen LogP contribution in [0.25, 0.3) is 22.9 Å². The molecule has 0 aliphatic carbocycles. The van der Waals surface area contributed by atoms with Crippen LogP contribution in [0, 0.1) is 17.0 Å². The molecule has 9 nitrogen and oxygen atoms in total. The van der Waals surface area contributed by atoms with Crippen molar-refractivity contribution in [1.29, 1.82) is 0 Å². The van der Waals surface area contributed by atoms with Gasteiger partial charge in [0.05, 0.1) is 24.9 Å². The first-order valence-corrected chi connectivity index (χ1v) is 10.8. The normalized spacial score (nSPS) is 12.5. The molecule has 0 saturated heterocycles. The first kappa shape index (κ1) is 24.0. The first-order valence-electron chi connectivity index (χ1n) is 10.8. The van der Waals surface area contributed by atoms with Crippen LogP contribution in [-0.2, 0) is 11.3 Å². The Morgan fingerprint density at radius 3 is 2.60 bits per heavy atom. The Bertz CT molecular complexity index is 1330. The van der Waals surface area contributed by atoms with Gasteiger partial charge >= 0.3 is 5.97 Å². The maximum absolute atomic E-state index is 14.6. The van der Waals surface area contributed by atoms with Gasteiger partial charge in [0, 0.05) is 17.7 Å². The second-order valence-corrected chi connectivity index (χ2v) is 9.10. The third-order valence-electron chi connectivity index (χ3n) is 5.47. The average molecular weight is 482 g/mol. The predicted octanol–water partition coefficient (Wildman–Crippen LogP) is 4.62. The molecule has 0 spiro atoms. The molecule has 0 unspecified atom stereocenters. The molecule has 2 N–H and O–H groups in total. The summed E-state index contributed by atoms with van der Waals surface area (Å²) in [7, 11) is 0. The molecule has 182 valence electrons. The number of nitrogens with zero attached hydrogens (tertiary/aromatic N) is 5. The molecule has 4 rings (SSSR count). The van der Waals surface area contributed by atoms with Gasteiger partial charge in [-0.15, -0.1) is 0 Å². The quantitative estimate of drug-likeness (QED) is 0.373. The van der Waals surface area contributed by atoms with E-state index in [0.29, 0.717) is 22.6 Å². The van der Waals surface area contributed by atoms with Crippen LogP contribution in [0.4, 0.5) is 14.6 Å². The third kappa shape index (κ3) is 5.51. The molecule has 1 aromatic carbocycles. The van der Waals surface area contributed by atoms with Gasteiger partial charge in [-0.25, -0.2) is 18.7 Å². The summed E-state index contributed by atoms with van der Waals surface area (Å²) in [6, 6.07) is 9.02. The van der Waals surface area contributed by atoms with Gasteiger partial charge in [0.1, 0.15) is 23.5 Å². The van der Waals surface area contributed by atoms with Gasteiger partial charge in [-0.3, -0.25) is 9.48 Å². The van der Waals surface area contributed by atoms with Crippen molar-refractivity contribution in [2.45, 2.75) is 39.8 Å². The number of hydrogen-bond acceptors (Lipinski definition) is 7. The molecule has 3 aromatic heterocycles. The van der Waals surface area contributed by atoms with E-state index in [2.05, 4.69) is 25.5 Å². The SMILES string of the molecule is CC(C)(C)[C@H](CC(=O)O)Nc1nc(-c2cc(-c3ccon3)n(Cc3ccccc3F)n2)ncc1F. The van der Waals surface area contributed by atoms with Crippen LogP contribution in [0.15, 0.2) is 53.4 Å². The smallest absolute Gasteiger partial charge is 0.305 e. The van der Waals surface area contributed by atoms with Crippen LogP contribution in [0.1, 0.15) is 32.8 Å². The fourth-order valence-electron chi connectivity index (χ4n) is 3.49. The summed E-state index contributed by atoms with van der Waals surface area (Å²) < 4.78 is 35.4. The van der Waals surface area contributed by atoms with E-state index in [1.807, 2.05) is 20.8 Å². The number of benzene rings is 1. The zero-order chi connectivity index (χ0) is 25.2. The molecule has 35 heavy (non-hydrogen) atoms. The van der Waals surface area contributed by atoms with Crippen molar-refractivity contribution in [2.75, 3.05) is 5.32 Å². The highest BCUT2D eigenvalue weighted by molar-refractivity contribution is 5.68. The van der Waals surface area contributed by atoms with Crippen molar-refractivity contribution in [3.8, 4) is 22.9 Å². The summed E-state index contributed by atoms with van der Waals surface area (Å²) in [6.07, 6.45) is 2.17. The van der Waals surface area contributed by atoms with Crippen LogP contribution < -0.4 is 5.32 Å². The second-order valence-electron chi connectivity index (χ2n) is 9.10. The monoisotopic (exact) mass is 482 g/mol. The van der Waals surface area contributed by atoms with Crippen LogP contribution in [0.5, 0.6) is 0 Å². The van der Waals surface area contributed by atoms with Gasteiger partial charge in [0.15, 0.2) is 17.5 Å². The van der Waals surface area contributed by atoms with Crippen molar-refractivity contribution in [3.05, 3.63) is 66.1 Å². The van der Waals surface area contributed by atoms with Crippen LogP contribution in [0.2, 0.25) is 0 Å². The highest BCUT2D eigenvalue weighted by Crippen LogP contribution is 2.29. The molecule has 0 aliphatic rings. The van der Waals surface area contributed by atoms with Crippen molar-refractivity contribution in [3.63, 3.8) is 0 Å². The van der Waals surface area contributed by atoms with E-state index in [0.717, 1.165) is 6.20 Å². The number of carbonyl (C=O) groups is 1. The molecule has 0 amide bonds. The van der Waals surface area contributed by atoms with Gasteiger partial charge in [-0.2, -0.15) is 5.10 Å². The lowest BCUT2D eigenvalue weighted by Gasteiger charge is -2.30. The lowest BCUT2D eigenvalue weighted by atomic mass is 9.85. The number of halogens is 2. The topological polar surface area (TPSA) is 119 Å². The number of carboxylic acids is 1. The Hall–Kier alpha value is -4.15. The summed E-state index contributed by atoms with van der Waals surface area (Å²) in [5, 5.41) is 20.6. The van der Waals surface area contributed by atoms with Gasteiger partial charge in [0.25, 0.3) is 0 Å². The van der Waals surface area contributed by atoms with Crippen molar-refractivity contribution in [2.24, 2.45) is 5.41 Å². The molecule has 0 aliphatic heterocycles. The Morgan fingerprint density at radius 1 is 1.17 bits per heavy atom. The zero-order valence-electron chi connectivity index (χ0n) is 19.4. The minimum absolute atomic E-state index is 0.103. The summed E-state index contributed by atoms with van der Waals surface area (Å²) >= 11 is 0. The van der Waals surface area contributed by atoms with E-state index < -0.39 is 23.2 Å². The molecule has 0 fully saturated rings. The first-order chi connectivity index (χ1) is 16.6. The fraction of sp³-hybridized carbons (Fsp3) is 0.292. The van der Waals surface area contributed by atoms with Crippen molar-refractivity contribution in [1.82, 2.24) is 24.9 Å². The van der Waals surface area contributed by atoms with E-state index in [1.165, 1.54) is 17.0 Å². The average Bonchev–Trinajstić information content (AvgIpc) is 3.45. The fourth-order valence-corrected chi connectivity index (χ4v) is 3.49. The Kier molecular flexibility index (Phi) is 6.59. The number of carboxylic acid groups (broad SMARTS) is 1. The minimum atomic E-state index is -1.02. The Morgan fingerprint density at radius 2 is 1.94 bits per heavy atom. The van der Waals surface area contributed by atoms with Crippen LogP contribution >= 0.6 is 0 Å². The molecule has 0 radical (unpaired) electrons. The molecule has 1 atom stereocenters. The molecule has 0 saturated carbocycles. The Labute approximate surface area is 199 Å². The summed E-state index contributed by atoms with van der Waals surface area (Å²) in [5.74, 6) is -2.16. The lowest BCUT2D eigenvalue weighted by molar-refractivity contribution is -0.137. The molecule has 3 heterocycles. The zero-order valence-corrected chi connectivity index (χ0v) is 19.4. The second kappa shape index (κ2) is 9.61. The number of aromatic nitrogens is 5. The summed E-state index contributed by atoms with van der Waals surface area (Å²) in [5.41, 5.74) is 1.22. The number of aliphatic carboxylic acids is 1. The maximum atomic E-state index is 14.6. The molecular weight excluding hydrogens is 458 g/mol. The van der Waals surface area contributed by atoms with E-state index in [9.17, 15) is 18.7 Å². The standard InChI is InChI=1S/C24H24F2N6O3/c1-24(2,3)20(11-21(33)34)28-22-16(26)12-27-23(29-22)18-10-19(17-8-9-35-31-17)32(30-18)13-14-6-4-5-7-15(14)25/h4-10,12,20H,11,13H2,1-3H3,(H,33,34)(H,27,28,29)/t20-/m0/s1. The van der Waals surface area contributed by atoms with Gasteiger partial charge in [-0.1, -0.05) is 44.1 Å².